The number of likely N-dealkylation sites (tertiary alicyclic amines) is 1. The highest BCUT2D eigenvalue weighted by molar-refractivity contribution is 8.13. The van der Waals surface area contributed by atoms with Crippen LogP contribution in [0.1, 0.15) is 59.8 Å². The molecule has 2 rings (SSSR count). The van der Waals surface area contributed by atoms with Crippen LogP contribution in [0, 0.1) is 17.3 Å². The van der Waals surface area contributed by atoms with E-state index < -0.39 is 17.4 Å². The zero-order valence-electron chi connectivity index (χ0n) is 15.1. The van der Waals surface area contributed by atoms with E-state index in [2.05, 4.69) is 0 Å². The molecule has 1 aliphatic heterocycles. The number of hydrogen-bond acceptors (Lipinski definition) is 4. The molecule has 0 spiro atoms. The van der Waals surface area contributed by atoms with Crippen LogP contribution < -0.4 is 0 Å². The molecule has 1 N–H and O–H groups in total. The number of carbonyl (C=O) groups is 3. The summed E-state index contributed by atoms with van der Waals surface area (Å²) in [5.74, 6) is -0.618. The van der Waals surface area contributed by atoms with Crippen LogP contribution in [0.15, 0.2) is 0 Å². The first-order valence-electron chi connectivity index (χ1n) is 8.85. The van der Waals surface area contributed by atoms with Crippen molar-refractivity contribution in [1.29, 1.82) is 0 Å². The van der Waals surface area contributed by atoms with E-state index in [4.69, 9.17) is 0 Å². The molecule has 136 valence electrons. The van der Waals surface area contributed by atoms with Gasteiger partial charge in [-0.3, -0.25) is 9.59 Å². The Morgan fingerprint density at radius 3 is 2.42 bits per heavy atom. The number of fused-ring (bicyclic) bond motifs is 1. The number of hydrogen-bond donors (Lipinski definition) is 1. The molecule has 2 fully saturated rings. The molecule has 0 bridgehead atoms. The van der Waals surface area contributed by atoms with Gasteiger partial charge in [0.15, 0.2) is 5.12 Å². The van der Waals surface area contributed by atoms with Gasteiger partial charge in [-0.2, -0.15) is 0 Å². The molecule has 24 heavy (non-hydrogen) atoms. The standard InChI is InChI=1S/C18H29NO4S/c1-11(10-24-17(23)18(2,3)4)15(20)19-13-8-6-5-7-12(13)9-14(19)16(21)22/h11-14H,5-10H2,1-4H3,(H,21,22). The van der Waals surface area contributed by atoms with E-state index in [1.165, 1.54) is 11.8 Å². The van der Waals surface area contributed by atoms with Gasteiger partial charge in [0.25, 0.3) is 0 Å². The normalized spacial score (nSPS) is 28.3. The molecule has 1 heterocycles. The maximum absolute atomic E-state index is 12.9. The van der Waals surface area contributed by atoms with Crippen molar-refractivity contribution < 1.29 is 19.5 Å². The van der Waals surface area contributed by atoms with Crippen molar-refractivity contribution >= 4 is 28.8 Å². The fourth-order valence-corrected chi connectivity index (χ4v) is 4.72. The van der Waals surface area contributed by atoms with Crippen LogP contribution >= 0.6 is 11.8 Å². The summed E-state index contributed by atoms with van der Waals surface area (Å²) in [4.78, 5) is 38.2. The Hall–Kier alpha value is -1.04. The lowest BCUT2D eigenvalue weighted by Crippen LogP contribution is -2.48. The minimum atomic E-state index is -0.900. The second kappa shape index (κ2) is 7.46. The average molecular weight is 356 g/mol. The molecule has 4 atom stereocenters. The summed E-state index contributed by atoms with van der Waals surface area (Å²) in [6.45, 7) is 7.40. The van der Waals surface area contributed by atoms with E-state index in [0.717, 1.165) is 25.7 Å². The Labute approximate surface area is 148 Å². The zero-order valence-corrected chi connectivity index (χ0v) is 15.9. The fraction of sp³-hybridized carbons (Fsp3) is 0.833. The Morgan fingerprint density at radius 1 is 1.21 bits per heavy atom. The van der Waals surface area contributed by atoms with Gasteiger partial charge in [0.1, 0.15) is 6.04 Å². The summed E-state index contributed by atoms with van der Waals surface area (Å²) in [7, 11) is 0. The summed E-state index contributed by atoms with van der Waals surface area (Å²) >= 11 is 1.18. The van der Waals surface area contributed by atoms with E-state index in [0.29, 0.717) is 18.1 Å². The summed E-state index contributed by atoms with van der Waals surface area (Å²) < 4.78 is 0. The summed E-state index contributed by atoms with van der Waals surface area (Å²) in [5.41, 5.74) is -0.431. The maximum Gasteiger partial charge on any atom is 0.326 e. The lowest BCUT2D eigenvalue weighted by Gasteiger charge is -2.34. The van der Waals surface area contributed by atoms with Gasteiger partial charge < -0.3 is 10.0 Å². The number of carbonyl (C=O) groups excluding carboxylic acids is 2. The number of carboxylic acids is 1. The predicted molar refractivity (Wildman–Crippen MR) is 94.7 cm³/mol. The molecule has 6 heteroatoms. The molecule has 5 nitrogen and oxygen atoms in total. The van der Waals surface area contributed by atoms with E-state index in [1.807, 2.05) is 20.8 Å². The van der Waals surface area contributed by atoms with Crippen molar-refractivity contribution in [3.05, 3.63) is 0 Å². The summed E-state index contributed by atoms with van der Waals surface area (Å²) in [6.07, 6.45) is 4.68. The van der Waals surface area contributed by atoms with Crippen molar-refractivity contribution in [1.82, 2.24) is 4.90 Å². The Morgan fingerprint density at radius 2 is 1.83 bits per heavy atom. The van der Waals surface area contributed by atoms with Crippen LogP contribution in [0.4, 0.5) is 0 Å². The number of rotatable bonds is 4. The SMILES string of the molecule is CC(CSC(=O)C(C)(C)C)C(=O)N1C(C(=O)O)CC2CCCCC21. The van der Waals surface area contributed by atoms with E-state index in [1.54, 1.807) is 11.8 Å². The molecular weight excluding hydrogens is 326 g/mol. The summed E-state index contributed by atoms with van der Waals surface area (Å²) in [5, 5.41) is 9.60. The first-order valence-corrected chi connectivity index (χ1v) is 9.83. The topological polar surface area (TPSA) is 74.7 Å². The smallest absolute Gasteiger partial charge is 0.326 e. The Balaban J connectivity index is 2.05. The number of amides is 1. The molecule has 1 saturated heterocycles. The molecule has 0 aromatic heterocycles. The van der Waals surface area contributed by atoms with Gasteiger partial charge in [0.05, 0.1) is 0 Å². The monoisotopic (exact) mass is 355 g/mol. The van der Waals surface area contributed by atoms with Gasteiger partial charge in [-0.15, -0.1) is 0 Å². The Kier molecular flexibility index (Phi) is 6.00. The molecule has 1 saturated carbocycles. The largest absolute Gasteiger partial charge is 0.480 e. The number of nitrogens with zero attached hydrogens (tertiary/aromatic N) is 1. The van der Waals surface area contributed by atoms with Crippen LogP contribution in [0.3, 0.4) is 0 Å². The number of thioether (sulfide) groups is 1. The van der Waals surface area contributed by atoms with Crippen molar-refractivity contribution in [3.8, 4) is 0 Å². The van der Waals surface area contributed by atoms with Crippen LogP contribution in [-0.4, -0.2) is 44.8 Å². The minimum absolute atomic E-state index is 0.0638. The van der Waals surface area contributed by atoms with Crippen molar-refractivity contribution in [2.45, 2.75) is 71.9 Å². The minimum Gasteiger partial charge on any atom is -0.480 e. The lowest BCUT2D eigenvalue weighted by molar-refractivity contribution is -0.151. The van der Waals surface area contributed by atoms with E-state index in [-0.39, 0.29) is 23.0 Å². The van der Waals surface area contributed by atoms with Crippen molar-refractivity contribution in [2.24, 2.45) is 17.3 Å². The van der Waals surface area contributed by atoms with E-state index in [9.17, 15) is 19.5 Å². The molecule has 2 aliphatic rings. The van der Waals surface area contributed by atoms with Crippen LogP contribution in [0.2, 0.25) is 0 Å². The number of aliphatic carboxylic acids is 1. The molecular formula is C18H29NO4S. The quantitative estimate of drug-likeness (QED) is 0.838. The van der Waals surface area contributed by atoms with Gasteiger partial charge in [0, 0.05) is 23.1 Å². The second-order valence-corrected chi connectivity index (χ2v) is 9.19. The third-order valence-electron chi connectivity index (χ3n) is 5.13. The molecule has 1 amide bonds. The van der Waals surface area contributed by atoms with Gasteiger partial charge in [-0.1, -0.05) is 52.3 Å². The van der Waals surface area contributed by atoms with Gasteiger partial charge in [-0.05, 0) is 25.2 Å². The molecule has 4 unspecified atom stereocenters. The lowest BCUT2D eigenvalue weighted by atomic mass is 9.84. The molecule has 0 aromatic carbocycles. The molecule has 0 radical (unpaired) electrons. The van der Waals surface area contributed by atoms with Gasteiger partial charge >= 0.3 is 5.97 Å². The highest BCUT2D eigenvalue weighted by Gasteiger charge is 2.48. The predicted octanol–water partition coefficient (Wildman–Crippen LogP) is 3.17. The van der Waals surface area contributed by atoms with E-state index >= 15 is 0 Å². The van der Waals surface area contributed by atoms with Crippen molar-refractivity contribution in [2.75, 3.05) is 5.75 Å². The van der Waals surface area contributed by atoms with Gasteiger partial charge in [-0.25, -0.2) is 4.79 Å². The third-order valence-corrected chi connectivity index (χ3v) is 6.67. The highest BCUT2D eigenvalue weighted by Crippen LogP contribution is 2.40. The number of carboxylic acid groups (broad SMARTS) is 1. The Bertz CT molecular complexity index is 514. The third kappa shape index (κ3) is 4.13. The van der Waals surface area contributed by atoms with Crippen molar-refractivity contribution in [3.63, 3.8) is 0 Å². The summed E-state index contributed by atoms with van der Waals surface area (Å²) in [6, 6.07) is -0.630. The molecule has 1 aliphatic carbocycles. The van der Waals surface area contributed by atoms with Crippen LogP contribution in [0.25, 0.3) is 0 Å². The first kappa shape index (κ1) is 19.3. The highest BCUT2D eigenvalue weighted by atomic mass is 32.2. The fourth-order valence-electron chi connectivity index (χ4n) is 3.74. The second-order valence-electron chi connectivity index (χ2n) is 8.20. The van der Waals surface area contributed by atoms with Crippen LogP contribution in [0.5, 0.6) is 0 Å². The van der Waals surface area contributed by atoms with Gasteiger partial charge in [0.2, 0.25) is 5.91 Å². The first-order chi connectivity index (χ1) is 11.1. The maximum atomic E-state index is 12.9. The zero-order chi connectivity index (χ0) is 18.1. The molecule has 0 aromatic rings. The van der Waals surface area contributed by atoms with Crippen LogP contribution in [-0.2, 0) is 14.4 Å². The average Bonchev–Trinajstić information content (AvgIpc) is 2.90.